The molecule has 0 aliphatic carbocycles. The average Bonchev–Trinajstić information content (AvgIpc) is 2.29. The van der Waals surface area contributed by atoms with Crippen molar-refractivity contribution in [2.24, 2.45) is 0 Å². The molecule has 5 nitrogen and oxygen atoms in total. The first-order chi connectivity index (χ1) is 7.67. The first kappa shape index (κ1) is 12.2. The van der Waals surface area contributed by atoms with Gasteiger partial charge in [-0.3, -0.25) is 9.59 Å². The maximum Gasteiger partial charge on any atom is 0.315 e. The summed E-state index contributed by atoms with van der Waals surface area (Å²) in [7, 11) is 1.22. The second kappa shape index (κ2) is 5.87. The Hall–Kier alpha value is -1.88. The van der Waals surface area contributed by atoms with Crippen molar-refractivity contribution in [3.8, 4) is 0 Å². The normalized spacial score (nSPS) is 9.62. The molecule has 0 unspecified atom stereocenters. The predicted octanol–water partition coefficient (Wildman–Crippen LogP) is 0.681. The van der Waals surface area contributed by atoms with Crippen molar-refractivity contribution in [3.05, 3.63) is 29.8 Å². The Bertz CT molecular complexity index is 389. The monoisotopic (exact) mass is 223 g/mol. The molecule has 1 amide bonds. The fourth-order valence-electron chi connectivity index (χ4n) is 1.18. The Morgan fingerprint density at radius 3 is 2.69 bits per heavy atom. The number of amides is 1. The van der Waals surface area contributed by atoms with Crippen LogP contribution in [0.15, 0.2) is 24.3 Å². The summed E-state index contributed by atoms with van der Waals surface area (Å²) in [6.07, 6.45) is -0.337. The van der Waals surface area contributed by atoms with Crippen molar-refractivity contribution in [2.75, 3.05) is 12.4 Å². The number of ether oxygens (including phenoxy) is 1. The molecule has 5 heteroatoms. The molecular weight excluding hydrogens is 210 g/mol. The zero-order valence-electron chi connectivity index (χ0n) is 8.90. The lowest BCUT2D eigenvalue weighted by Crippen LogP contribution is -2.18. The van der Waals surface area contributed by atoms with Crippen LogP contribution in [-0.2, 0) is 20.9 Å². The summed E-state index contributed by atoms with van der Waals surface area (Å²) in [5.41, 5.74) is 1.10. The zero-order valence-corrected chi connectivity index (χ0v) is 8.90. The van der Waals surface area contributed by atoms with Crippen LogP contribution in [0.5, 0.6) is 0 Å². The van der Waals surface area contributed by atoms with Gasteiger partial charge in [0.25, 0.3) is 0 Å². The summed E-state index contributed by atoms with van der Waals surface area (Å²) in [4.78, 5) is 22.2. The highest BCUT2D eigenvalue weighted by Gasteiger charge is 2.10. The third-order valence-electron chi connectivity index (χ3n) is 1.99. The SMILES string of the molecule is COC(=O)CC(=O)Nc1ccccc1CO. The molecule has 0 bridgehead atoms. The number of anilines is 1. The Kier molecular flexibility index (Phi) is 4.47. The number of carbonyl (C=O) groups is 2. The Morgan fingerprint density at radius 1 is 1.38 bits per heavy atom. The minimum absolute atomic E-state index is 0.172. The molecule has 0 saturated heterocycles. The highest BCUT2D eigenvalue weighted by Crippen LogP contribution is 2.14. The van der Waals surface area contributed by atoms with Gasteiger partial charge in [0, 0.05) is 11.3 Å². The van der Waals surface area contributed by atoms with Crippen LogP contribution < -0.4 is 5.32 Å². The van der Waals surface area contributed by atoms with E-state index < -0.39 is 11.9 Å². The van der Waals surface area contributed by atoms with Gasteiger partial charge in [-0.05, 0) is 6.07 Å². The summed E-state index contributed by atoms with van der Waals surface area (Å²) < 4.78 is 4.37. The van der Waals surface area contributed by atoms with Gasteiger partial charge in [0.15, 0.2) is 0 Å². The van der Waals surface area contributed by atoms with E-state index in [9.17, 15) is 9.59 Å². The molecule has 0 saturated carbocycles. The number of esters is 1. The molecule has 0 radical (unpaired) electrons. The quantitative estimate of drug-likeness (QED) is 0.581. The van der Waals surface area contributed by atoms with Crippen LogP contribution in [-0.4, -0.2) is 24.1 Å². The van der Waals surface area contributed by atoms with Gasteiger partial charge in [-0.25, -0.2) is 0 Å². The number of aliphatic hydroxyl groups is 1. The Morgan fingerprint density at radius 2 is 2.06 bits per heavy atom. The van der Waals surface area contributed by atoms with Gasteiger partial charge >= 0.3 is 5.97 Å². The van der Waals surface area contributed by atoms with E-state index >= 15 is 0 Å². The molecule has 0 atom stereocenters. The highest BCUT2D eigenvalue weighted by atomic mass is 16.5. The second-order valence-corrected chi connectivity index (χ2v) is 3.12. The van der Waals surface area contributed by atoms with Crippen LogP contribution in [0.25, 0.3) is 0 Å². The van der Waals surface area contributed by atoms with Gasteiger partial charge in [0.1, 0.15) is 6.42 Å². The fraction of sp³-hybridized carbons (Fsp3) is 0.273. The van der Waals surface area contributed by atoms with E-state index in [1.807, 2.05) is 0 Å². The van der Waals surface area contributed by atoms with Gasteiger partial charge < -0.3 is 15.2 Å². The van der Waals surface area contributed by atoms with Crippen molar-refractivity contribution < 1.29 is 19.4 Å². The molecule has 2 N–H and O–H groups in total. The van der Waals surface area contributed by atoms with Gasteiger partial charge in [-0.2, -0.15) is 0 Å². The maximum atomic E-state index is 11.4. The lowest BCUT2D eigenvalue weighted by molar-refractivity contribution is -0.142. The molecule has 1 aromatic rings. The first-order valence-electron chi connectivity index (χ1n) is 4.72. The molecule has 0 aliphatic rings. The van der Waals surface area contributed by atoms with E-state index in [2.05, 4.69) is 10.1 Å². The van der Waals surface area contributed by atoms with E-state index in [0.29, 0.717) is 11.3 Å². The minimum Gasteiger partial charge on any atom is -0.469 e. The molecule has 1 aromatic carbocycles. The fourth-order valence-corrected chi connectivity index (χ4v) is 1.18. The molecule has 0 fully saturated rings. The van der Waals surface area contributed by atoms with Crippen molar-refractivity contribution in [1.29, 1.82) is 0 Å². The Labute approximate surface area is 93.0 Å². The molecule has 0 aromatic heterocycles. The van der Waals surface area contributed by atoms with Crippen molar-refractivity contribution in [1.82, 2.24) is 0 Å². The number of aliphatic hydroxyl groups excluding tert-OH is 1. The topological polar surface area (TPSA) is 75.6 Å². The average molecular weight is 223 g/mol. The summed E-state index contributed by atoms with van der Waals surface area (Å²) >= 11 is 0. The molecule has 0 heterocycles. The number of hydrogen-bond acceptors (Lipinski definition) is 4. The van der Waals surface area contributed by atoms with E-state index in [0.717, 1.165) is 0 Å². The molecule has 0 spiro atoms. The van der Waals surface area contributed by atoms with Gasteiger partial charge in [0.2, 0.25) is 5.91 Å². The molecule has 0 aliphatic heterocycles. The van der Waals surface area contributed by atoms with Crippen LogP contribution in [0, 0.1) is 0 Å². The number of methoxy groups -OCH3 is 1. The van der Waals surface area contributed by atoms with E-state index in [1.54, 1.807) is 24.3 Å². The smallest absolute Gasteiger partial charge is 0.315 e. The number of hydrogen-bond donors (Lipinski definition) is 2. The maximum absolute atomic E-state index is 11.4. The Balaban J connectivity index is 2.65. The van der Waals surface area contributed by atoms with Crippen LogP contribution in [0.2, 0.25) is 0 Å². The van der Waals surface area contributed by atoms with Gasteiger partial charge in [-0.1, -0.05) is 18.2 Å². The lowest BCUT2D eigenvalue weighted by Gasteiger charge is -2.08. The van der Waals surface area contributed by atoms with Crippen LogP contribution in [0.3, 0.4) is 0 Å². The standard InChI is InChI=1S/C11H13NO4/c1-16-11(15)6-10(14)12-9-5-3-2-4-8(9)7-13/h2-5,13H,6-7H2,1H3,(H,12,14). The van der Waals surface area contributed by atoms with Crippen LogP contribution >= 0.6 is 0 Å². The van der Waals surface area contributed by atoms with Crippen molar-refractivity contribution in [2.45, 2.75) is 13.0 Å². The molecular formula is C11H13NO4. The predicted molar refractivity (Wildman–Crippen MR) is 57.6 cm³/mol. The third kappa shape index (κ3) is 3.36. The summed E-state index contributed by atoms with van der Waals surface area (Å²) in [5.74, 6) is -1.06. The van der Waals surface area contributed by atoms with E-state index in [1.165, 1.54) is 7.11 Å². The van der Waals surface area contributed by atoms with Crippen molar-refractivity contribution in [3.63, 3.8) is 0 Å². The third-order valence-corrected chi connectivity index (χ3v) is 1.99. The number of rotatable bonds is 4. The lowest BCUT2D eigenvalue weighted by atomic mass is 10.2. The summed E-state index contributed by atoms with van der Waals surface area (Å²) in [6.45, 7) is -0.172. The van der Waals surface area contributed by atoms with Crippen LogP contribution in [0.1, 0.15) is 12.0 Å². The number of nitrogens with one attached hydrogen (secondary N) is 1. The van der Waals surface area contributed by atoms with Crippen molar-refractivity contribution >= 4 is 17.6 Å². The van der Waals surface area contributed by atoms with Crippen LogP contribution in [0.4, 0.5) is 5.69 Å². The number of carbonyl (C=O) groups excluding carboxylic acids is 2. The highest BCUT2D eigenvalue weighted by molar-refractivity contribution is 6.02. The van der Waals surface area contributed by atoms with E-state index in [4.69, 9.17) is 5.11 Å². The number of para-hydroxylation sites is 1. The summed E-state index contributed by atoms with van der Waals surface area (Å²) in [5, 5.41) is 11.5. The number of benzene rings is 1. The second-order valence-electron chi connectivity index (χ2n) is 3.12. The van der Waals surface area contributed by atoms with E-state index in [-0.39, 0.29) is 13.0 Å². The largest absolute Gasteiger partial charge is 0.469 e. The van der Waals surface area contributed by atoms with Gasteiger partial charge in [-0.15, -0.1) is 0 Å². The minimum atomic E-state index is -0.598. The molecule has 16 heavy (non-hydrogen) atoms. The van der Waals surface area contributed by atoms with Gasteiger partial charge in [0.05, 0.1) is 13.7 Å². The molecule has 1 rings (SSSR count). The summed E-state index contributed by atoms with van der Waals surface area (Å²) in [6, 6.07) is 6.82. The first-order valence-corrected chi connectivity index (χ1v) is 4.72. The molecule has 86 valence electrons. The zero-order chi connectivity index (χ0) is 12.0.